The highest BCUT2D eigenvalue weighted by Crippen LogP contribution is 2.20. The fourth-order valence-corrected chi connectivity index (χ4v) is 3.01. The molecular formula is C22H22N4O3. The lowest BCUT2D eigenvalue weighted by Gasteiger charge is -2.12. The molecule has 2 aromatic carbocycles. The molecule has 1 aromatic heterocycles. The highest BCUT2D eigenvalue weighted by molar-refractivity contribution is 6.07. The normalized spacial score (nSPS) is 10.3. The summed E-state index contributed by atoms with van der Waals surface area (Å²) in [5.74, 6) is -0.0213. The smallest absolute Gasteiger partial charge is 0.339 e. The van der Waals surface area contributed by atoms with Crippen LogP contribution in [-0.4, -0.2) is 29.0 Å². The largest absolute Gasteiger partial charge is 0.465 e. The van der Waals surface area contributed by atoms with E-state index in [1.165, 1.54) is 7.11 Å². The first-order valence-corrected chi connectivity index (χ1v) is 9.05. The number of nitrogens with one attached hydrogen (secondary N) is 2. The number of benzene rings is 2. The summed E-state index contributed by atoms with van der Waals surface area (Å²) < 4.78 is 4.76. The van der Waals surface area contributed by atoms with E-state index < -0.39 is 11.9 Å². The average Bonchev–Trinajstić information content (AvgIpc) is 2.66. The third-order valence-electron chi connectivity index (χ3n) is 4.15. The Morgan fingerprint density at radius 3 is 2.31 bits per heavy atom. The van der Waals surface area contributed by atoms with E-state index in [0.29, 0.717) is 17.3 Å². The summed E-state index contributed by atoms with van der Waals surface area (Å²) in [4.78, 5) is 33.3. The van der Waals surface area contributed by atoms with E-state index in [2.05, 4.69) is 26.7 Å². The maximum absolute atomic E-state index is 12.8. The maximum Gasteiger partial charge on any atom is 0.339 e. The van der Waals surface area contributed by atoms with Gasteiger partial charge in [0.05, 0.1) is 18.4 Å². The van der Waals surface area contributed by atoms with Gasteiger partial charge in [0.1, 0.15) is 17.3 Å². The van der Waals surface area contributed by atoms with E-state index in [-0.39, 0.29) is 11.3 Å². The van der Waals surface area contributed by atoms with Crippen molar-refractivity contribution in [2.24, 2.45) is 0 Å². The minimum Gasteiger partial charge on any atom is -0.465 e. The van der Waals surface area contributed by atoms with E-state index in [4.69, 9.17) is 4.74 Å². The van der Waals surface area contributed by atoms with Crippen LogP contribution < -0.4 is 10.6 Å². The fourth-order valence-electron chi connectivity index (χ4n) is 3.01. The van der Waals surface area contributed by atoms with Gasteiger partial charge in [-0.15, -0.1) is 0 Å². The summed E-state index contributed by atoms with van der Waals surface area (Å²) in [7, 11) is 1.29. The molecule has 0 spiro atoms. The molecule has 0 radical (unpaired) electrons. The van der Waals surface area contributed by atoms with Gasteiger partial charge >= 0.3 is 5.97 Å². The standard InChI is InChI=1S/C22H22N4O3/c1-13-9-14(2)11-16(10-13)25-20-12-19(23-15(3)24-20)21(27)26-18-8-6-5-7-17(18)22(28)29-4/h5-12H,1-4H3,(H,26,27)(H,23,24,25). The molecular weight excluding hydrogens is 368 g/mol. The number of carbonyl (C=O) groups is 2. The van der Waals surface area contributed by atoms with Crippen molar-refractivity contribution in [1.82, 2.24) is 9.97 Å². The minimum atomic E-state index is -0.531. The van der Waals surface area contributed by atoms with Crippen LogP contribution in [0.2, 0.25) is 0 Å². The zero-order chi connectivity index (χ0) is 21.0. The zero-order valence-electron chi connectivity index (χ0n) is 16.7. The quantitative estimate of drug-likeness (QED) is 0.635. The van der Waals surface area contributed by atoms with Crippen LogP contribution in [0, 0.1) is 20.8 Å². The molecule has 7 nitrogen and oxygen atoms in total. The Morgan fingerprint density at radius 2 is 1.62 bits per heavy atom. The molecule has 2 N–H and O–H groups in total. The molecule has 0 aliphatic rings. The van der Waals surface area contributed by atoms with Gasteiger partial charge in [-0.2, -0.15) is 0 Å². The second-order valence-corrected chi connectivity index (χ2v) is 6.68. The molecule has 148 valence electrons. The molecule has 0 fully saturated rings. The molecule has 0 saturated heterocycles. The molecule has 0 bridgehead atoms. The molecule has 0 atom stereocenters. The number of rotatable bonds is 5. The molecule has 3 aromatic rings. The summed E-state index contributed by atoms with van der Waals surface area (Å²) in [5.41, 5.74) is 3.92. The summed E-state index contributed by atoms with van der Waals surface area (Å²) in [6, 6.07) is 14.3. The molecule has 29 heavy (non-hydrogen) atoms. The molecule has 3 rings (SSSR count). The van der Waals surface area contributed by atoms with Gasteiger partial charge in [-0.3, -0.25) is 4.79 Å². The Morgan fingerprint density at radius 1 is 0.931 bits per heavy atom. The van der Waals surface area contributed by atoms with Crippen molar-refractivity contribution in [3.8, 4) is 0 Å². The van der Waals surface area contributed by atoms with Crippen LogP contribution in [0.1, 0.15) is 37.8 Å². The molecule has 0 aliphatic carbocycles. The Hall–Kier alpha value is -3.74. The number of aromatic nitrogens is 2. The van der Waals surface area contributed by atoms with Crippen molar-refractivity contribution in [2.75, 3.05) is 17.7 Å². The number of para-hydroxylation sites is 1. The van der Waals surface area contributed by atoms with Gasteiger partial charge < -0.3 is 15.4 Å². The number of methoxy groups -OCH3 is 1. The van der Waals surface area contributed by atoms with E-state index in [9.17, 15) is 9.59 Å². The van der Waals surface area contributed by atoms with E-state index in [0.717, 1.165) is 16.8 Å². The van der Waals surface area contributed by atoms with E-state index in [1.807, 2.05) is 26.0 Å². The highest BCUT2D eigenvalue weighted by Gasteiger charge is 2.16. The van der Waals surface area contributed by atoms with Crippen LogP contribution in [-0.2, 0) is 4.74 Å². The minimum absolute atomic E-state index is 0.184. The molecule has 0 aliphatic heterocycles. The number of carbonyl (C=O) groups excluding carboxylic acids is 2. The monoisotopic (exact) mass is 390 g/mol. The van der Waals surface area contributed by atoms with E-state index >= 15 is 0 Å². The Balaban J connectivity index is 1.86. The molecule has 1 heterocycles. The van der Waals surface area contributed by atoms with Gasteiger partial charge in [-0.1, -0.05) is 18.2 Å². The third-order valence-corrected chi connectivity index (χ3v) is 4.15. The predicted octanol–water partition coefficient (Wildman–Crippen LogP) is 4.18. The van der Waals surface area contributed by atoms with Crippen LogP contribution in [0.3, 0.4) is 0 Å². The molecule has 0 unspecified atom stereocenters. The van der Waals surface area contributed by atoms with Crippen molar-refractivity contribution in [3.63, 3.8) is 0 Å². The number of nitrogens with zero attached hydrogens (tertiary/aromatic N) is 2. The van der Waals surface area contributed by atoms with Gasteiger partial charge in [0, 0.05) is 11.8 Å². The Labute approximate surface area is 169 Å². The van der Waals surface area contributed by atoms with Crippen LogP contribution in [0.25, 0.3) is 0 Å². The second-order valence-electron chi connectivity index (χ2n) is 6.68. The van der Waals surface area contributed by atoms with Crippen LogP contribution in [0.5, 0.6) is 0 Å². The number of ether oxygens (including phenoxy) is 1. The average molecular weight is 390 g/mol. The summed E-state index contributed by atoms with van der Waals surface area (Å²) in [6.07, 6.45) is 0. The van der Waals surface area contributed by atoms with Crippen LogP contribution >= 0.6 is 0 Å². The summed E-state index contributed by atoms with van der Waals surface area (Å²) in [5, 5.41) is 5.94. The lowest BCUT2D eigenvalue weighted by atomic mass is 10.1. The zero-order valence-corrected chi connectivity index (χ0v) is 16.7. The first-order valence-electron chi connectivity index (χ1n) is 9.05. The lowest BCUT2D eigenvalue weighted by molar-refractivity contribution is 0.0602. The van der Waals surface area contributed by atoms with Gasteiger partial charge in [-0.25, -0.2) is 14.8 Å². The topological polar surface area (TPSA) is 93.2 Å². The molecule has 1 amide bonds. The first-order chi connectivity index (χ1) is 13.9. The van der Waals surface area contributed by atoms with E-state index in [1.54, 1.807) is 37.3 Å². The fraction of sp³-hybridized carbons (Fsp3) is 0.182. The van der Waals surface area contributed by atoms with Crippen LogP contribution in [0.15, 0.2) is 48.5 Å². The number of anilines is 3. The predicted molar refractivity (Wildman–Crippen MR) is 112 cm³/mol. The van der Waals surface area contributed by atoms with Gasteiger partial charge in [0.2, 0.25) is 0 Å². The van der Waals surface area contributed by atoms with Gasteiger partial charge in [-0.05, 0) is 56.2 Å². The van der Waals surface area contributed by atoms with Crippen molar-refractivity contribution in [1.29, 1.82) is 0 Å². The SMILES string of the molecule is COC(=O)c1ccccc1NC(=O)c1cc(Nc2cc(C)cc(C)c2)nc(C)n1. The lowest BCUT2D eigenvalue weighted by Crippen LogP contribution is -2.17. The van der Waals surface area contributed by atoms with Gasteiger partial charge in [0.15, 0.2) is 0 Å². The van der Waals surface area contributed by atoms with Crippen molar-refractivity contribution < 1.29 is 14.3 Å². The number of hydrogen-bond donors (Lipinski definition) is 2. The third kappa shape index (κ3) is 4.95. The number of aryl methyl sites for hydroxylation is 3. The molecule has 0 saturated carbocycles. The first kappa shape index (κ1) is 20.0. The Bertz CT molecular complexity index is 1060. The van der Waals surface area contributed by atoms with Crippen molar-refractivity contribution in [2.45, 2.75) is 20.8 Å². The molecule has 7 heteroatoms. The highest BCUT2D eigenvalue weighted by atomic mass is 16.5. The summed E-state index contributed by atoms with van der Waals surface area (Å²) in [6.45, 7) is 5.74. The summed E-state index contributed by atoms with van der Waals surface area (Å²) >= 11 is 0. The van der Waals surface area contributed by atoms with Crippen molar-refractivity contribution >= 4 is 29.1 Å². The van der Waals surface area contributed by atoms with Gasteiger partial charge in [0.25, 0.3) is 5.91 Å². The number of hydrogen-bond acceptors (Lipinski definition) is 6. The Kier molecular flexibility index (Phi) is 5.87. The van der Waals surface area contributed by atoms with Crippen molar-refractivity contribution in [3.05, 3.63) is 76.7 Å². The number of esters is 1. The second kappa shape index (κ2) is 8.52. The maximum atomic E-state index is 12.8. The van der Waals surface area contributed by atoms with Crippen LogP contribution in [0.4, 0.5) is 17.2 Å². The number of amides is 1.